The van der Waals surface area contributed by atoms with Crippen LogP contribution in [0.4, 0.5) is 0 Å². The number of hydrogen-bond donors (Lipinski definition) is 2. The number of methoxy groups -OCH3 is 1. The monoisotopic (exact) mass is 627 g/mol. The zero-order valence-corrected chi connectivity index (χ0v) is 27.3. The lowest BCUT2D eigenvalue weighted by Crippen LogP contribution is -2.67. The molecule has 1 heterocycles. The molecule has 2 spiro atoms. The number of Topliss-reactive ketones (excluding diaryl/α,β-unsaturated/α-hetero) is 1. The van der Waals surface area contributed by atoms with Crippen LogP contribution in [0.2, 0.25) is 0 Å². The van der Waals surface area contributed by atoms with Gasteiger partial charge in [0.2, 0.25) is 0 Å². The lowest BCUT2D eigenvalue weighted by molar-refractivity contribution is -0.166. The van der Waals surface area contributed by atoms with Crippen molar-refractivity contribution in [2.75, 3.05) is 12.9 Å². The van der Waals surface area contributed by atoms with Gasteiger partial charge in [0.15, 0.2) is 10.1 Å². The summed E-state index contributed by atoms with van der Waals surface area (Å²) in [7, 11) is 1.64. The largest absolute Gasteiger partial charge is 0.497 e. The number of aliphatic hydroxyl groups is 2. The Morgan fingerprint density at radius 1 is 1.00 bits per heavy atom. The van der Waals surface area contributed by atoms with Crippen LogP contribution in [0.1, 0.15) is 69.2 Å². The average Bonchev–Trinajstić information content (AvgIpc) is 3.57. The summed E-state index contributed by atoms with van der Waals surface area (Å²) in [5.74, 6) is 1.83. The Balaban J connectivity index is 1.20. The molecule has 2 bridgehead atoms. The Hall–Kier alpha value is -2.45. The third-order valence-electron chi connectivity index (χ3n) is 13.0. The number of carbonyl (C=O) groups excluding carboxylic acids is 1. The number of allylic oxidation sites excluding steroid dienone is 4. The van der Waals surface area contributed by atoms with Crippen molar-refractivity contribution in [3.05, 3.63) is 77.9 Å². The van der Waals surface area contributed by atoms with E-state index in [1.54, 1.807) is 30.2 Å². The molecule has 7 heteroatoms. The van der Waals surface area contributed by atoms with Crippen molar-refractivity contribution < 1.29 is 19.7 Å². The maximum Gasteiger partial charge on any atom is 0.189 e. The molecule has 8 atom stereocenters. The summed E-state index contributed by atoms with van der Waals surface area (Å²) in [5, 5.41) is 23.5. The molecule has 3 saturated carbocycles. The highest BCUT2D eigenvalue weighted by molar-refractivity contribution is 8.01. The van der Waals surface area contributed by atoms with Gasteiger partial charge in [-0.1, -0.05) is 56.0 Å². The van der Waals surface area contributed by atoms with E-state index in [2.05, 4.69) is 44.2 Å². The average molecular weight is 628 g/mol. The Labute approximate surface area is 267 Å². The summed E-state index contributed by atoms with van der Waals surface area (Å²) in [5.41, 5.74) is 0.540. The smallest absolute Gasteiger partial charge is 0.189 e. The number of ketones is 1. The molecule has 6 aliphatic carbocycles. The number of aliphatic hydroxyl groups excluding tert-OH is 1. The molecule has 8 unspecified atom stereocenters. The minimum atomic E-state index is -0.863. The van der Waals surface area contributed by atoms with E-state index < -0.39 is 11.0 Å². The van der Waals surface area contributed by atoms with E-state index in [1.165, 1.54) is 4.70 Å². The van der Waals surface area contributed by atoms with Crippen LogP contribution in [0.25, 0.3) is 10.2 Å². The molecule has 1 aromatic heterocycles. The molecule has 0 saturated heterocycles. The minimum absolute atomic E-state index is 0.0392. The van der Waals surface area contributed by atoms with Crippen molar-refractivity contribution in [3.8, 4) is 5.75 Å². The molecule has 2 N–H and O–H groups in total. The number of thioether (sulfide) groups is 1. The second-order valence-corrected chi connectivity index (χ2v) is 16.9. The van der Waals surface area contributed by atoms with Crippen LogP contribution in [-0.4, -0.2) is 45.5 Å². The maximum atomic E-state index is 14.7. The van der Waals surface area contributed by atoms with Crippen molar-refractivity contribution in [2.45, 2.75) is 74.8 Å². The fourth-order valence-corrected chi connectivity index (χ4v) is 12.9. The molecule has 0 aliphatic heterocycles. The van der Waals surface area contributed by atoms with Crippen LogP contribution >= 0.6 is 23.1 Å². The first-order chi connectivity index (χ1) is 21.1. The van der Waals surface area contributed by atoms with Gasteiger partial charge in [0, 0.05) is 33.1 Å². The fourth-order valence-electron chi connectivity index (χ4n) is 10.6. The van der Waals surface area contributed by atoms with Crippen molar-refractivity contribution in [1.29, 1.82) is 0 Å². The van der Waals surface area contributed by atoms with Gasteiger partial charge < -0.3 is 14.9 Å². The Kier molecular flexibility index (Phi) is 6.44. The molecule has 44 heavy (non-hydrogen) atoms. The molecule has 0 radical (unpaired) electrons. The lowest BCUT2D eigenvalue weighted by atomic mass is 9.32. The van der Waals surface area contributed by atoms with Crippen molar-refractivity contribution >= 4 is 39.1 Å². The van der Waals surface area contributed by atoms with E-state index in [4.69, 9.17) is 9.72 Å². The number of thiazole rings is 1. The molecule has 9 rings (SSSR count). The van der Waals surface area contributed by atoms with Gasteiger partial charge in [0.25, 0.3) is 0 Å². The van der Waals surface area contributed by atoms with Gasteiger partial charge in [-0.05, 0) is 98.6 Å². The van der Waals surface area contributed by atoms with Gasteiger partial charge in [-0.2, -0.15) is 0 Å². The Morgan fingerprint density at radius 2 is 1.73 bits per heavy atom. The topological polar surface area (TPSA) is 79.7 Å². The number of rotatable bonds is 6. The second-order valence-electron chi connectivity index (χ2n) is 14.6. The third-order valence-corrected chi connectivity index (χ3v) is 15.4. The minimum Gasteiger partial charge on any atom is -0.497 e. The van der Waals surface area contributed by atoms with Crippen LogP contribution in [0.5, 0.6) is 5.75 Å². The van der Waals surface area contributed by atoms with Gasteiger partial charge in [-0.15, -0.1) is 11.3 Å². The van der Waals surface area contributed by atoms with Crippen LogP contribution < -0.4 is 4.74 Å². The molecule has 2 aromatic carbocycles. The van der Waals surface area contributed by atoms with Gasteiger partial charge >= 0.3 is 0 Å². The summed E-state index contributed by atoms with van der Waals surface area (Å²) in [6, 6.07) is 15.7. The molecule has 5 nitrogen and oxygen atoms in total. The van der Waals surface area contributed by atoms with Crippen molar-refractivity contribution in [3.63, 3.8) is 0 Å². The highest BCUT2D eigenvalue weighted by Crippen LogP contribution is 2.78. The molecule has 3 aromatic rings. The molecule has 0 amide bonds. The van der Waals surface area contributed by atoms with E-state index in [0.717, 1.165) is 59.7 Å². The predicted molar refractivity (Wildman–Crippen MR) is 176 cm³/mol. The predicted octanol–water partition coefficient (Wildman–Crippen LogP) is 7.87. The molecule has 6 aliphatic rings. The first kappa shape index (κ1) is 29.0. The summed E-state index contributed by atoms with van der Waals surface area (Å²) < 4.78 is 7.57. The van der Waals surface area contributed by atoms with Gasteiger partial charge in [0.1, 0.15) is 5.75 Å². The maximum absolute atomic E-state index is 14.7. The SMILES string of the molecule is COc1ccc(C(=O)C2=CC34C=CC25C(CCC2(C)C5CCC2(O)CSc2nc5ccccc5s2)C3(C)CCC(O)C4)cc1. The van der Waals surface area contributed by atoms with Crippen LogP contribution in [-0.2, 0) is 0 Å². The Morgan fingerprint density at radius 3 is 2.50 bits per heavy atom. The fraction of sp³-hybridized carbons (Fsp3) is 0.514. The lowest BCUT2D eigenvalue weighted by Gasteiger charge is -2.71. The van der Waals surface area contributed by atoms with Crippen LogP contribution in [0.3, 0.4) is 0 Å². The number of ether oxygens (including phenoxy) is 1. The highest BCUT2D eigenvalue weighted by Gasteiger charge is 2.74. The number of para-hydroxylation sites is 1. The summed E-state index contributed by atoms with van der Waals surface area (Å²) in [4.78, 5) is 19.5. The first-order valence-electron chi connectivity index (χ1n) is 16.1. The Bertz CT molecular complexity index is 1680. The molecular weight excluding hydrogens is 587 g/mol. The van der Waals surface area contributed by atoms with Crippen LogP contribution in [0, 0.1) is 33.5 Å². The van der Waals surface area contributed by atoms with E-state index >= 15 is 0 Å². The summed E-state index contributed by atoms with van der Waals surface area (Å²) in [6.45, 7) is 4.74. The number of aromatic nitrogens is 1. The van der Waals surface area contributed by atoms with E-state index in [1.807, 2.05) is 36.4 Å². The first-order valence-corrected chi connectivity index (χ1v) is 17.9. The van der Waals surface area contributed by atoms with E-state index in [0.29, 0.717) is 17.7 Å². The van der Waals surface area contributed by atoms with Crippen molar-refractivity contribution in [1.82, 2.24) is 4.98 Å². The van der Waals surface area contributed by atoms with E-state index in [-0.39, 0.29) is 40.0 Å². The summed E-state index contributed by atoms with van der Waals surface area (Å²) >= 11 is 3.38. The number of carbonyl (C=O) groups is 1. The second kappa shape index (κ2) is 9.78. The summed E-state index contributed by atoms with van der Waals surface area (Å²) in [6.07, 6.45) is 12.6. The molecule has 230 valence electrons. The highest BCUT2D eigenvalue weighted by atomic mass is 32.2. The molecule has 3 fully saturated rings. The quantitative estimate of drug-likeness (QED) is 0.165. The van der Waals surface area contributed by atoms with Gasteiger partial charge in [0.05, 0.1) is 29.0 Å². The molecular formula is C37H41NO4S2. The van der Waals surface area contributed by atoms with Gasteiger partial charge in [-0.25, -0.2) is 4.98 Å². The number of nitrogens with zero attached hydrogens (tertiary/aromatic N) is 1. The zero-order chi connectivity index (χ0) is 30.5. The van der Waals surface area contributed by atoms with Gasteiger partial charge in [-0.3, -0.25) is 4.79 Å². The number of hydrogen-bond acceptors (Lipinski definition) is 7. The van der Waals surface area contributed by atoms with Crippen LogP contribution in [0.15, 0.2) is 76.7 Å². The number of fused-ring (bicyclic) bond motifs is 2. The zero-order valence-electron chi connectivity index (χ0n) is 25.7. The van der Waals surface area contributed by atoms with Crippen molar-refractivity contribution in [2.24, 2.45) is 33.5 Å². The van der Waals surface area contributed by atoms with E-state index in [9.17, 15) is 15.0 Å². The standard InChI is InChI=1S/C37H41NO4S2/c1-33-15-12-24(39)20-35(33)18-19-37(26(21-35)31(40)23-8-10-25(42-3)11-9-23)29(33)13-16-34(2)30(37)14-17-36(34,41)22-43-32-38-27-6-4-5-7-28(27)44-32/h4-11,18-19,21,24,29-30,39,41H,12-17,20,22H2,1-3H3. The number of benzene rings is 2. The third kappa shape index (κ3) is 3.73. The normalized spacial score (nSPS) is 40.3.